The zero-order chi connectivity index (χ0) is 19.7. The van der Waals surface area contributed by atoms with Crippen molar-refractivity contribution in [2.24, 2.45) is 23.2 Å². The molecule has 5 heteroatoms. The number of carbonyl (C=O) groups is 2. The summed E-state index contributed by atoms with van der Waals surface area (Å²) in [6, 6.07) is 7.30. The predicted molar refractivity (Wildman–Crippen MR) is 109 cm³/mol. The first-order chi connectivity index (χ1) is 13.5. The van der Waals surface area contributed by atoms with Crippen molar-refractivity contribution in [1.82, 2.24) is 4.90 Å². The van der Waals surface area contributed by atoms with Crippen molar-refractivity contribution in [2.45, 2.75) is 45.4 Å². The molecule has 0 aromatic heterocycles. The fourth-order valence-corrected chi connectivity index (χ4v) is 6.18. The molecule has 0 spiro atoms. The highest BCUT2D eigenvalue weighted by Crippen LogP contribution is 2.60. The lowest BCUT2D eigenvalue weighted by Crippen LogP contribution is -2.52. The number of anilines is 1. The molecule has 1 aromatic rings. The Kier molecular flexibility index (Phi) is 5.46. The van der Waals surface area contributed by atoms with Gasteiger partial charge in [0.1, 0.15) is 5.75 Å². The average molecular weight is 385 g/mol. The molecule has 1 N–H and O–H groups in total. The number of ether oxygens (including phenoxy) is 1. The maximum Gasteiger partial charge on any atom is 0.238 e. The average Bonchev–Trinajstić information content (AvgIpc) is 2.67. The number of nitrogens with zero attached hydrogens (tertiary/aromatic N) is 1. The first-order valence-electron chi connectivity index (χ1n) is 10.7. The summed E-state index contributed by atoms with van der Waals surface area (Å²) in [5, 5.41) is 2.92. The molecule has 28 heavy (non-hydrogen) atoms. The first-order valence-corrected chi connectivity index (χ1v) is 10.7. The van der Waals surface area contributed by atoms with Crippen LogP contribution in [0.15, 0.2) is 24.3 Å². The van der Waals surface area contributed by atoms with Crippen LogP contribution in [0.5, 0.6) is 5.75 Å². The summed E-state index contributed by atoms with van der Waals surface area (Å²) in [4.78, 5) is 27.7. The zero-order valence-corrected chi connectivity index (χ0v) is 17.1. The van der Waals surface area contributed by atoms with Gasteiger partial charge in [0.05, 0.1) is 20.2 Å². The van der Waals surface area contributed by atoms with E-state index in [0.717, 1.165) is 48.5 Å². The smallest absolute Gasteiger partial charge is 0.238 e. The number of hydrogen-bond donors (Lipinski definition) is 1. The molecule has 152 valence electrons. The number of likely N-dealkylation sites (N-methyl/N-ethyl adjacent to an activating group) is 1. The van der Waals surface area contributed by atoms with E-state index in [9.17, 15) is 9.59 Å². The van der Waals surface area contributed by atoms with Crippen LogP contribution in [0.4, 0.5) is 5.69 Å². The van der Waals surface area contributed by atoms with Gasteiger partial charge in [0.2, 0.25) is 5.91 Å². The Bertz CT molecular complexity index is 693. The molecular weight excluding hydrogens is 352 g/mol. The predicted octanol–water partition coefficient (Wildman–Crippen LogP) is 3.74. The molecule has 1 aromatic carbocycles. The quantitative estimate of drug-likeness (QED) is 0.742. The van der Waals surface area contributed by atoms with E-state index in [4.69, 9.17) is 4.74 Å². The second kappa shape index (κ2) is 7.86. The molecule has 0 unspecified atom stereocenters. The van der Waals surface area contributed by atoms with E-state index in [2.05, 4.69) is 5.32 Å². The van der Waals surface area contributed by atoms with Gasteiger partial charge in [-0.2, -0.15) is 0 Å². The van der Waals surface area contributed by atoms with Gasteiger partial charge < -0.3 is 10.1 Å². The van der Waals surface area contributed by atoms with Crippen molar-refractivity contribution < 1.29 is 14.3 Å². The molecule has 4 aliphatic rings. The summed E-state index contributed by atoms with van der Waals surface area (Å²) in [7, 11) is 1.62. The van der Waals surface area contributed by atoms with Gasteiger partial charge in [-0.15, -0.1) is 0 Å². The topological polar surface area (TPSA) is 58.6 Å². The van der Waals surface area contributed by atoms with Gasteiger partial charge in [0.25, 0.3) is 0 Å². The summed E-state index contributed by atoms with van der Waals surface area (Å²) in [5.74, 6) is 3.36. The Morgan fingerprint density at radius 2 is 1.61 bits per heavy atom. The highest BCUT2D eigenvalue weighted by atomic mass is 16.5. The second-order valence-corrected chi connectivity index (χ2v) is 9.20. The molecule has 4 saturated carbocycles. The van der Waals surface area contributed by atoms with E-state index in [0.29, 0.717) is 18.9 Å². The van der Waals surface area contributed by atoms with Gasteiger partial charge in [0.15, 0.2) is 5.78 Å². The Balaban J connectivity index is 1.33. The third kappa shape index (κ3) is 3.95. The van der Waals surface area contributed by atoms with Crippen molar-refractivity contribution in [2.75, 3.05) is 32.1 Å². The van der Waals surface area contributed by atoms with Crippen LogP contribution in [0.25, 0.3) is 0 Å². The maximum absolute atomic E-state index is 13.3. The number of hydrogen-bond acceptors (Lipinski definition) is 4. The monoisotopic (exact) mass is 384 g/mol. The summed E-state index contributed by atoms with van der Waals surface area (Å²) in [6.07, 6.45) is 7.30. The molecule has 4 fully saturated rings. The highest BCUT2D eigenvalue weighted by Gasteiger charge is 2.54. The molecule has 4 aliphatic carbocycles. The molecule has 5 rings (SSSR count). The number of Topliss-reactive ketones (excluding diaryl/α,β-unsaturated/α-hetero) is 1. The van der Waals surface area contributed by atoms with Crippen LogP contribution in [0.3, 0.4) is 0 Å². The van der Waals surface area contributed by atoms with Crippen molar-refractivity contribution in [1.29, 1.82) is 0 Å². The number of methoxy groups -OCH3 is 1. The van der Waals surface area contributed by atoms with Crippen LogP contribution in [0.1, 0.15) is 45.4 Å². The molecule has 1 amide bonds. The van der Waals surface area contributed by atoms with Gasteiger partial charge in [-0.25, -0.2) is 0 Å². The molecular formula is C23H32N2O3. The number of rotatable bonds is 8. The largest absolute Gasteiger partial charge is 0.497 e. The molecule has 0 heterocycles. The Morgan fingerprint density at radius 3 is 2.11 bits per heavy atom. The van der Waals surface area contributed by atoms with E-state index in [-0.39, 0.29) is 17.9 Å². The normalized spacial score (nSPS) is 30.5. The fraction of sp³-hybridized carbons (Fsp3) is 0.652. The molecule has 0 radical (unpaired) electrons. The minimum absolute atomic E-state index is 0.0784. The van der Waals surface area contributed by atoms with Crippen LogP contribution < -0.4 is 10.1 Å². The highest BCUT2D eigenvalue weighted by molar-refractivity contribution is 5.93. The third-order valence-electron chi connectivity index (χ3n) is 7.19. The Morgan fingerprint density at radius 1 is 1.04 bits per heavy atom. The van der Waals surface area contributed by atoms with Crippen LogP contribution in [0.2, 0.25) is 0 Å². The SMILES string of the molecule is CCN(CC(=O)Nc1ccc(OC)cc1)CC(=O)C12CC3CC(CC(C3)C1)C2. The summed E-state index contributed by atoms with van der Waals surface area (Å²) < 4.78 is 5.14. The van der Waals surface area contributed by atoms with Gasteiger partial charge in [-0.3, -0.25) is 14.5 Å². The summed E-state index contributed by atoms with van der Waals surface area (Å²) >= 11 is 0. The van der Waals surface area contributed by atoms with Crippen molar-refractivity contribution in [3.05, 3.63) is 24.3 Å². The number of ketones is 1. The standard InChI is InChI=1S/C23H32N2O3/c1-3-25(15-22(27)24-19-4-6-20(28-2)7-5-19)14-21(26)23-11-16-8-17(12-23)10-18(9-16)13-23/h4-7,16-18H,3,8-15H2,1-2H3,(H,24,27). The lowest BCUT2D eigenvalue weighted by Gasteiger charge is -2.56. The number of amides is 1. The van der Waals surface area contributed by atoms with Crippen LogP contribution in [0, 0.1) is 23.2 Å². The van der Waals surface area contributed by atoms with Crippen LogP contribution in [-0.4, -0.2) is 43.3 Å². The van der Waals surface area contributed by atoms with Crippen molar-refractivity contribution in [3.63, 3.8) is 0 Å². The van der Waals surface area contributed by atoms with Crippen molar-refractivity contribution in [3.8, 4) is 5.75 Å². The number of carbonyl (C=O) groups excluding carboxylic acids is 2. The fourth-order valence-electron chi connectivity index (χ4n) is 6.18. The second-order valence-electron chi connectivity index (χ2n) is 9.20. The molecule has 0 aliphatic heterocycles. The summed E-state index contributed by atoms with van der Waals surface area (Å²) in [6.45, 7) is 3.38. The molecule has 5 nitrogen and oxygen atoms in total. The summed E-state index contributed by atoms with van der Waals surface area (Å²) in [5.41, 5.74) is 0.656. The Labute approximate surface area is 167 Å². The maximum atomic E-state index is 13.3. The zero-order valence-electron chi connectivity index (χ0n) is 17.1. The van der Waals surface area contributed by atoms with E-state index in [1.54, 1.807) is 7.11 Å². The lowest BCUT2D eigenvalue weighted by molar-refractivity contribution is -0.145. The minimum Gasteiger partial charge on any atom is -0.497 e. The molecule has 0 atom stereocenters. The lowest BCUT2D eigenvalue weighted by atomic mass is 9.48. The van der Waals surface area contributed by atoms with E-state index in [1.165, 1.54) is 19.3 Å². The van der Waals surface area contributed by atoms with Gasteiger partial charge >= 0.3 is 0 Å². The van der Waals surface area contributed by atoms with E-state index >= 15 is 0 Å². The third-order valence-corrected chi connectivity index (χ3v) is 7.19. The Hall–Kier alpha value is -1.88. The number of nitrogens with one attached hydrogen (secondary N) is 1. The first kappa shape index (κ1) is 19.4. The molecule has 0 saturated heterocycles. The van der Waals surface area contributed by atoms with Crippen LogP contribution in [-0.2, 0) is 9.59 Å². The van der Waals surface area contributed by atoms with E-state index < -0.39 is 0 Å². The van der Waals surface area contributed by atoms with Crippen molar-refractivity contribution >= 4 is 17.4 Å². The minimum atomic E-state index is -0.0887. The number of benzene rings is 1. The van der Waals surface area contributed by atoms with E-state index in [1.807, 2.05) is 36.1 Å². The van der Waals surface area contributed by atoms with Gasteiger partial charge in [-0.1, -0.05) is 6.92 Å². The van der Waals surface area contributed by atoms with Gasteiger partial charge in [-0.05, 0) is 87.1 Å². The van der Waals surface area contributed by atoms with Gasteiger partial charge in [0, 0.05) is 11.1 Å². The van der Waals surface area contributed by atoms with Crippen LogP contribution >= 0.6 is 0 Å². The molecule has 4 bridgehead atoms.